The highest BCUT2D eigenvalue weighted by molar-refractivity contribution is 5.94. The average Bonchev–Trinajstić information content (AvgIpc) is 3.18. The van der Waals surface area contributed by atoms with Crippen LogP contribution in [0.1, 0.15) is 48.4 Å². The van der Waals surface area contributed by atoms with Gasteiger partial charge in [0.15, 0.2) is 11.6 Å². The molecule has 3 aromatic rings. The van der Waals surface area contributed by atoms with Gasteiger partial charge in [0.05, 0.1) is 41.9 Å². The van der Waals surface area contributed by atoms with Gasteiger partial charge in [0.2, 0.25) is 0 Å². The van der Waals surface area contributed by atoms with Crippen LogP contribution >= 0.6 is 0 Å². The Hall–Kier alpha value is -3.07. The summed E-state index contributed by atoms with van der Waals surface area (Å²) in [6.07, 6.45) is 3.16. The van der Waals surface area contributed by atoms with Gasteiger partial charge in [-0.2, -0.15) is 5.10 Å². The molecule has 0 bridgehead atoms. The monoisotopic (exact) mass is 416 g/mol. The van der Waals surface area contributed by atoms with Gasteiger partial charge >= 0.3 is 0 Å². The number of ether oxygens (including phenoxy) is 1. The van der Waals surface area contributed by atoms with Crippen molar-refractivity contribution in [1.29, 1.82) is 0 Å². The molecular weight excluding hydrogens is 394 g/mol. The number of pyridine rings is 1. The number of carbonyl (C=O) groups is 1. The van der Waals surface area contributed by atoms with Crippen molar-refractivity contribution in [3.8, 4) is 0 Å². The Morgan fingerprint density at radius 3 is 2.57 bits per heavy atom. The SMILES string of the molecule is CN(C(=O)c1cnn(C(C)(C)C)c1)C1COCc2[nH]c(=O)c3cc(F)c(F)cc3c21. The van der Waals surface area contributed by atoms with Crippen molar-refractivity contribution in [2.45, 2.75) is 39.0 Å². The number of benzene rings is 1. The first-order valence-corrected chi connectivity index (χ1v) is 9.52. The summed E-state index contributed by atoms with van der Waals surface area (Å²) in [5.41, 5.74) is 0.570. The summed E-state index contributed by atoms with van der Waals surface area (Å²) >= 11 is 0. The van der Waals surface area contributed by atoms with E-state index in [2.05, 4.69) is 10.1 Å². The van der Waals surface area contributed by atoms with E-state index in [4.69, 9.17) is 4.74 Å². The lowest BCUT2D eigenvalue weighted by molar-refractivity contribution is 0.0335. The third-order valence-corrected chi connectivity index (χ3v) is 5.34. The van der Waals surface area contributed by atoms with Crippen LogP contribution in [-0.4, -0.2) is 39.2 Å². The fraction of sp³-hybridized carbons (Fsp3) is 0.381. The highest BCUT2D eigenvalue weighted by atomic mass is 19.2. The zero-order valence-electron chi connectivity index (χ0n) is 17.1. The minimum atomic E-state index is -1.10. The molecule has 158 valence electrons. The molecule has 0 aliphatic carbocycles. The minimum absolute atomic E-state index is 0.0287. The molecule has 0 fully saturated rings. The van der Waals surface area contributed by atoms with Gasteiger partial charge in [-0.05, 0) is 38.3 Å². The largest absolute Gasteiger partial charge is 0.373 e. The highest BCUT2D eigenvalue weighted by Crippen LogP contribution is 2.34. The predicted molar refractivity (Wildman–Crippen MR) is 106 cm³/mol. The second kappa shape index (κ2) is 7.02. The van der Waals surface area contributed by atoms with Crippen LogP contribution in [0.2, 0.25) is 0 Å². The molecule has 0 spiro atoms. The highest BCUT2D eigenvalue weighted by Gasteiger charge is 2.32. The van der Waals surface area contributed by atoms with Crippen LogP contribution in [0.3, 0.4) is 0 Å². The van der Waals surface area contributed by atoms with Gasteiger partial charge in [0, 0.05) is 24.5 Å². The van der Waals surface area contributed by atoms with Crippen molar-refractivity contribution in [2.24, 2.45) is 0 Å². The van der Waals surface area contributed by atoms with E-state index < -0.39 is 23.2 Å². The van der Waals surface area contributed by atoms with Crippen LogP contribution in [0.25, 0.3) is 10.8 Å². The number of nitrogens with zero attached hydrogens (tertiary/aromatic N) is 3. The number of H-pyrrole nitrogens is 1. The van der Waals surface area contributed by atoms with Crippen LogP contribution in [0.15, 0.2) is 29.3 Å². The van der Waals surface area contributed by atoms with E-state index in [1.165, 1.54) is 11.1 Å². The molecule has 4 rings (SSSR count). The third kappa shape index (κ3) is 3.28. The Morgan fingerprint density at radius 2 is 1.93 bits per heavy atom. The van der Waals surface area contributed by atoms with Crippen molar-refractivity contribution in [1.82, 2.24) is 19.7 Å². The van der Waals surface area contributed by atoms with Crippen molar-refractivity contribution in [2.75, 3.05) is 13.7 Å². The van der Waals surface area contributed by atoms with E-state index in [1.54, 1.807) is 17.9 Å². The summed E-state index contributed by atoms with van der Waals surface area (Å²) in [5, 5.41) is 4.56. The molecule has 1 N–H and O–H groups in total. The topological polar surface area (TPSA) is 80.2 Å². The van der Waals surface area contributed by atoms with Gasteiger partial charge in [0.1, 0.15) is 0 Å². The molecule has 1 atom stereocenters. The van der Waals surface area contributed by atoms with Crippen molar-refractivity contribution in [3.05, 3.63) is 63.3 Å². The van der Waals surface area contributed by atoms with Gasteiger partial charge in [0.25, 0.3) is 11.5 Å². The number of fused-ring (bicyclic) bond motifs is 3. The summed E-state index contributed by atoms with van der Waals surface area (Å²) in [6.45, 7) is 6.18. The summed E-state index contributed by atoms with van der Waals surface area (Å²) in [6, 6.07) is 1.29. The van der Waals surface area contributed by atoms with Crippen LogP contribution in [0, 0.1) is 11.6 Å². The normalized spacial score (nSPS) is 16.5. The van der Waals surface area contributed by atoms with E-state index in [1.807, 2.05) is 20.8 Å². The second-order valence-corrected chi connectivity index (χ2v) is 8.45. The van der Waals surface area contributed by atoms with Crippen molar-refractivity contribution in [3.63, 3.8) is 0 Å². The fourth-order valence-electron chi connectivity index (χ4n) is 3.69. The number of halogens is 2. The number of nitrogens with one attached hydrogen (secondary N) is 1. The smallest absolute Gasteiger partial charge is 0.257 e. The maximum atomic E-state index is 14.0. The van der Waals surface area contributed by atoms with Crippen LogP contribution in [0.4, 0.5) is 8.78 Å². The number of carbonyl (C=O) groups excluding carboxylic acids is 1. The van der Waals surface area contributed by atoms with E-state index >= 15 is 0 Å². The first-order chi connectivity index (χ1) is 14.1. The summed E-state index contributed by atoms with van der Waals surface area (Å²) < 4.78 is 35.0. The lowest BCUT2D eigenvalue weighted by atomic mass is 9.95. The van der Waals surface area contributed by atoms with Gasteiger partial charge in [-0.15, -0.1) is 0 Å². The lowest BCUT2D eigenvalue weighted by Gasteiger charge is -2.33. The van der Waals surface area contributed by atoms with E-state index in [0.29, 0.717) is 16.8 Å². The molecule has 1 aromatic carbocycles. The number of rotatable bonds is 2. The van der Waals surface area contributed by atoms with E-state index in [9.17, 15) is 18.4 Å². The molecule has 7 nitrogen and oxygen atoms in total. The standard InChI is InChI=1S/C21H22F2N4O3/c1-21(2,3)27-8-11(7-24-27)20(29)26(4)17-10-30-9-16-18(17)12-5-14(22)15(23)6-13(12)19(28)25-16/h5-8,17H,9-10H2,1-4H3,(H,25,28). The fourth-order valence-corrected chi connectivity index (χ4v) is 3.69. The zero-order chi connectivity index (χ0) is 21.8. The molecule has 1 aliphatic heterocycles. The first kappa shape index (κ1) is 20.2. The Labute approximate surface area is 171 Å². The maximum absolute atomic E-state index is 14.0. The van der Waals surface area contributed by atoms with Crippen LogP contribution in [0.5, 0.6) is 0 Å². The van der Waals surface area contributed by atoms with Crippen molar-refractivity contribution < 1.29 is 18.3 Å². The number of aromatic nitrogens is 3. The number of hydrogen-bond acceptors (Lipinski definition) is 4. The summed E-state index contributed by atoms with van der Waals surface area (Å²) in [5.74, 6) is -2.45. The molecule has 1 amide bonds. The van der Waals surface area contributed by atoms with Crippen molar-refractivity contribution >= 4 is 16.7 Å². The molecule has 0 saturated carbocycles. The quantitative estimate of drug-likeness (QED) is 0.696. The Kier molecular flexibility index (Phi) is 4.73. The molecule has 9 heteroatoms. The molecule has 30 heavy (non-hydrogen) atoms. The maximum Gasteiger partial charge on any atom is 0.257 e. The number of amides is 1. The molecular formula is C21H22F2N4O3. The molecule has 0 saturated heterocycles. The second-order valence-electron chi connectivity index (χ2n) is 8.45. The van der Waals surface area contributed by atoms with Gasteiger partial charge in [-0.1, -0.05) is 0 Å². The van der Waals surface area contributed by atoms with Gasteiger partial charge in [-0.3, -0.25) is 14.3 Å². The number of aromatic amines is 1. The summed E-state index contributed by atoms with van der Waals surface area (Å²) in [4.78, 5) is 29.6. The lowest BCUT2D eigenvalue weighted by Crippen LogP contribution is -2.37. The van der Waals surface area contributed by atoms with Gasteiger partial charge < -0.3 is 14.6 Å². The number of hydrogen-bond donors (Lipinski definition) is 1. The molecule has 2 aromatic heterocycles. The molecule has 1 unspecified atom stereocenters. The average molecular weight is 416 g/mol. The first-order valence-electron chi connectivity index (χ1n) is 9.52. The zero-order valence-corrected chi connectivity index (χ0v) is 17.1. The predicted octanol–water partition coefficient (Wildman–Crippen LogP) is 3.10. The van der Waals surface area contributed by atoms with E-state index in [-0.39, 0.29) is 35.4 Å². The summed E-state index contributed by atoms with van der Waals surface area (Å²) in [7, 11) is 1.61. The number of likely N-dealkylation sites (N-methyl/N-ethyl adjacent to an activating group) is 1. The van der Waals surface area contributed by atoms with Crippen LogP contribution < -0.4 is 5.56 Å². The van der Waals surface area contributed by atoms with Crippen LogP contribution in [-0.2, 0) is 16.9 Å². The minimum Gasteiger partial charge on any atom is -0.373 e. The third-order valence-electron chi connectivity index (χ3n) is 5.34. The molecule has 0 radical (unpaired) electrons. The molecule has 1 aliphatic rings. The van der Waals surface area contributed by atoms with E-state index in [0.717, 1.165) is 12.1 Å². The van der Waals surface area contributed by atoms with Gasteiger partial charge in [-0.25, -0.2) is 8.78 Å². The Balaban J connectivity index is 1.80. The Morgan fingerprint density at radius 1 is 1.27 bits per heavy atom. The molecule has 3 heterocycles. The Bertz CT molecular complexity index is 1210.